The van der Waals surface area contributed by atoms with Crippen molar-refractivity contribution in [2.45, 2.75) is 0 Å². The van der Waals surface area contributed by atoms with Gasteiger partial charge in [-0.05, 0) is 196 Å². The average Bonchev–Trinajstić information content (AvgIpc) is 1.68. The van der Waals surface area contributed by atoms with Crippen molar-refractivity contribution in [1.82, 2.24) is 28.2 Å². The lowest BCUT2D eigenvalue weighted by Gasteiger charge is -2.14. The van der Waals surface area contributed by atoms with E-state index in [0.717, 1.165) is 111 Å². The van der Waals surface area contributed by atoms with Gasteiger partial charge in [0.2, 0.25) is 5.95 Å². The van der Waals surface area contributed by atoms with Crippen LogP contribution in [0.25, 0.3) is 209 Å². The summed E-state index contributed by atoms with van der Waals surface area (Å²) < 4.78 is 9.38. The van der Waals surface area contributed by atoms with Crippen LogP contribution in [-0.4, -0.2) is 28.2 Å². The molecule has 0 amide bonds. The predicted octanol–water partition coefficient (Wildman–Crippen LogP) is 24.7. The minimum Gasteiger partial charge on any atom is -0.309 e. The van der Waals surface area contributed by atoms with E-state index in [1.54, 1.807) is 0 Å². The van der Waals surface area contributed by atoms with Crippen LogP contribution in [0.1, 0.15) is 5.56 Å². The molecule has 102 heavy (non-hydrogen) atoms. The lowest BCUT2D eigenvalue weighted by molar-refractivity contribution is 0.952. The zero-order chi connectivity index (χ0) is 66.8. The van der Waals surface area contributed by atoms with Crippen molar-refractivity contribution in [3.63, 3.8) is 0 Å². The van der Waals surface area contributed by atoms with Gasteiger partial charge >= 0.3 is 0 Å². The van der Waals surface area contributed by atoms with Crippen LogP contribution in [0.15, 0.2) is 334 Å². The highest BCUT2D eigenvalue weighted by molar-refractivity contribution is 6.27. The second kappa shape index (κ2) is 21.5. The van der Waals surface area contributed by atoms with Crippen LogP contribution in [-0.2, 0) is 0 Å². The summed E-state index contributed by atoms with van der Waals surface area (Å²) in [5.74, 6) is 1.26. The van der Waals surface area contributed by atoms with Gasteiger partial charge in [0.25, 0.3) is 0 Å². The first kappa shape index (κ1) is 56.1. The maximum Gasteiger partial charge on any atom is 0.237 e. The fourth-order valence-electron chi connectivity index (χ4n) is 17.2. The van der Waals surface area contributed by atoms with Crippen molar-refractivity contribution in [2.24, 2.45) is 0 Å². The zero-order valence-corrected chi connectivity index (χ0v) is 54.9. The summed E-state index contributed by atoms with van der Waals surface area (Å²) in [5, 5.41) is 34.3. The molecule has 470 valence electrons. The molecule has 0 radical (unpaired) electrons. The molecule has 0 bridgehead atoms. The Morgan fingerprint density at radius 1 is 0.206 bits per heavy atom. The molecule has 5 heterocycles. The summed E-state index contributed by atoms with van der Waals surface area (Å²) in [4.78, 5) is 11.2. The number of fused-ring (bicyclic) bond motifs is 24. The third-order valence-electron chi connectivity index (χ3n) is 21.8. The van der Waals surface area contributed by atoms with Crippen LogP contribution in [0.2, 0.25) is 0 Å². The number of benzene rings is 17. The van der Waals surface area contributed by atoms with E-state index in [2.05, 4.69) is 334 Å². The third kappa shape index (κ3) is 8.17. The fourth-order valence-corrected chi connectivity index (χ4v) is 17.2. The minimum absolute atomic E-state index is 0.537. The lowest BCUT2D eigenvalue weighted by Crippen LogP contribution is -2.07. The van der Waals surface area contributed by atoms with Gasteiger partial charge in [-0.1, -0.05) is 218 Å². The van der Waals surface area contributed by atoms with Crippen LogP contribution in [0.4, 0.5) is 0 Å². The molecule has 17 aromatic carbocycles. The molecule has 0 saturated carbocycles. The first-order chi connectivity index (χ1) is 50.5. The standard InChI is InChI=1S/C95H55N7/c96-56-57-33-35-58(36-34-57)85-55-94(101-88-31-15-11-27-77(88)83-51-61(39-47-92(83)101)59-37-45-90-81(49-59)75-25-9-13-29-86(75)99(90)63-41-43-73-69-21-3-1-17-65(69)67-19-5-7-23-71(67)79(73)53-63)98-95(97-85)102-89-32-16-12-28-78(89)84-52-62(40-48-93(84)102)60-38-46-91-82(50-60)76-26-10-14-30-87(76)100(91)64-42-44-74-70-22-4-2-18-66(70)68-20-6-8-24-72(68)80(74)54-64/h1-55H. The minimum atomic E-state index is 0.537. The number of aromatic nitrogens is 6. The lowest BCUT2D eigenvalue weighted by atomic mass is 9.94. The molecule has 22 rings (SSSR count). The van der Waals surface area contributed by atoms with E-state index >= 15 is 0 Å². The van der Waals surface area contributed by atoms with E-state index in [0.29, 0.717) is 11.5 Å². The van der Waals surface area contributed by atoms with Gasteiger partial charge in [-0.25, -0.2) is 4.98 Å². The highest BCUT2D eigenvalue weighted by atomic mass is 15.2. The molecule has 0 fully saturated rings. The molecule has 0 unspecified atom stereocenters. The van der Waals surface area contributed by atoms with Crippen LogP contribution in [0.5, 0.6) is 0 Å². The number of nitrogens with zero attached hydrogens (tertiary/aromatic N) is 7. The van der Waals surface area contributed by atoms with E-state index in [1.807, 2.05) is 24.3 Å². The summed E-state index contributed by atoms with van der Waals surface area (Å²) in [6.45, 7) is 0. The Labute approximate surface area is 583 Å². The second-order valence-electron chi connectivity index (χ2n) is 27.1. The Balaban J connectivity index is 0.672. The number of para-hydroxylation sites is 4. The van der Waals surface area contributed by atoms with Crippen LogP contribution in [0.3, 0.4) is 0 Å². The molecule has 0 aliphatic rings. The van der Waals surface area contributed by atoms with Crippen LogP contribution < -0.4 is 0 Å². The summed E-state index contributed by atoms with van der Waals surface area (Å²) in [7, 11) is 0. The molecule has 7 heteroatoms. The van der Waals surface area contributed by atoms with Gasteiger partial charge in [-0.15, -0.1) is 0 Å². The largest absolute Gasteiger partial charge is 0.309 e. The molecule has 0 saturated heterocycles. The molecular formula is C95H55N7. The van der Waals surface area contributed by atoms with Crippen molar-refractivity contribution >= 4 is 152 Å². The van der Waals surface area contributed by atoms with E-state index in [9.17, 15) is 5.26 Å². The molecule has 22 aromatic rings. The molecule has 0 N–H and O–H groups in total. The molecule has 7 nitrogen and oxygen atoms in total. The quantitative estimate of drug-likeness (QED) is 0.149. The zero-order valence-electron chi connectivity index (χ0n) is 54.9. The van der Waals surface area contributed by atoms with Gasteiger partial charge in [0.1, 0.15) is 5.82 Å². The van der Waals surface area contributed by atoms with Gasteiger partial charge in [-0.3, -0.25) is 9.13 Å². The van der Waals surface area contributed by atoms with E-state index < -0.39 is 0 Å². The van der Waals surface area contributed by atoms with Crippen molar-refractivity contribution < 1.29 is 0 Å². The SMILES string of the molecule is N#Cc1ccc(-c2cc(-n3c4ccccc4c4cc(-c5ccc6c(c5)c5ccccc5n6-c5ccc6c7ccccc7c7ccccc7c6c5)ccc43)nc(-n3c4ccccc4c4cc(-c5ccc6c(c5)c5ccccc5n6-c5ccc6c7ccccc7c7ccccc7c6c5)ccc43)n2)cc1. The summed E-state index contributed by atoms with van der Waals surface area (Å²) in [6.07, 6.45) is 0. The van der Waals surface area contributed by atoms with E-state index in [-0.39, 0.29) is 0 Å². The maximum atomic E-state index is 9.97. The number of rotatable bonds is 7. The Morgan fingerprint density at radius 3 is 0.863 bits per heavy atom. The summed E-state index contributed by atoms with van der Waals surface area (Å²) in [5.41, 5.74) is 17.6. The smallest absolute Gasteiger partial charge is 0.237 e. The van der Waals surface area contributed by atoms with Gasteiger partial charge in [0, 0.05) is 66.1 Å². The molecule has 0 atom stereocenters. The highest BCUT2D eigenvalue weighted by Gasteiger charge is 2.24. The van der Waals surface area contributed by atoms with E-state index in [1.165, 1.54) is 91.7 Å². The van der Waals surface area contributed by atoms with Crippen LogP contribution in [0, 0.1) is 11.3 Å². The number of nitriles is 1. The van der Waals surface area contributed by atoms with Crippen molar-refractivity contribution in [2.75, 3.05) is 0 Å². The Hall–Kier alpha value is -13.9. The average molecular weight is 1290 g/mol. The van der Waals surface area contributed by atoms with Gasteiger partial charge in [-0.2, -0.15) is 10.2 Å². The first-order valence-electron chi connectivity index (χ1n) is 34.7. The Kier molecular flexibility index (Phi) is 11.8. The summed E-state index contributed by atoms with van der Waals surface area (Å²) >= 11 is 0. The molecule has 0 aliphatic carbocycles. The molecule has 5 aromatic heterocycles. The maximum absolute atomic E-state index is 9.97. The van der Waals surface area contributed by atoms with Gasteiger partial charge in [0.15, 0.2) is 0 Å². The summed E-state index contributed by atoms with van der Waals surface area (Å²) in [6, 6.07) is 124. The topological polar surface area (TPSA) is 69.3 Å². The van der Waals surface area contributed by atoms with Gasteiger partial charge < -0.3 is 9.13 Å². The van der Waals surface area contributed by atoms with Crippen molar-refractivity contribution in [1.29, 1.82) is 5.26 Å². The highest BCUT2D eigenvalue weighted by Crippen LogP contribution is 2.45. The molecule has 0 aliphatic heterocycles. The number of hydrogen-bond acceptors (Lipinski definition) is 3. The fraction of sp³-hybridized carbons (Fsp3) is 0. The van der Waals surface area contributed by atoms with Crippen molar-refractivity contribution in [3.05, 3.63) is 339 Å². The first-order valence-corrected chi connectivity index (χ1v) is 34.7. The molecule has 0 spiro atoms. The van der Waals surface area contributed by atoms with Crippen LogP contribution >= 0.6 is 0 Å². The normalized spacial score (nSPS) is 12.1. The number of hydrogen-bond donors (Lipinski definition) is 0. The van der Waals surface area contributed by atoms with Gasteiger partial charge in [0.05, 0.1) is 61.5 Å². The second-order valence-corrected chi connectivity index (χ2v) is 27.1. The Bertz CT molecular complexity index is 6980. The van der Waals surface area contributed by atoms with E-state index in [4.69, 9.17) is 9.97 Å². The Morgan fingerprint density at radius 2 is 0.490 bits per heavy atom. The molecular weight excluding hydrogens is 1240 g/mol. The monoisotopic (exact) mass is 1290 g/mol. The predicted molar refractivity (Wildman–Crippen MR) is 425 cm³/mol. The third-order valence-corrected chi connectivity index (χ3v) is 21.8. The van der Waals surface area contributed by atoms with Crippen molar-refractivity contribution in [3.8, 4) is 62.7 Å².